The van der Waals surface area contributed by atoms with Gasteiger partial charge in [-0.1, -0.05) is 6.07 Å². The Morgan fingerprint density at radius 3 is 2.90 bits per heavy atom. The first kappa shape index (κ1) is 14.5. The van der Waals surface area contributed by atoms with Gasteiger partial charge in [0.25, 0.3) is 0 Å². The molecular weight excluding hydrogens is 290 g/mol. The summed E-state index contributed by atoms with van der Waals surface area (Å²) in [6.07, 6.45) is 0. The number of hydrogen-bond acceptors (Lipinski definition) is 5. The second-order valence-electron chi connectivity index (χ2n) is 5.17. The second kappa shape index (κ2) is 6.55. The van der Waals surface area contributed by atoms with E-state index in [9.17, 15) is 9.59 Å². The van der Waals surface area contributed by atoms with Crippen LogP contribution >= 0.6 is 11.3 Å². The van der Waals surface area contributed by atoms with Gasteiger partial charge in [0.1, 0.15) is 6.04 Å². The Morgan fingerprint density at radius 2 is 2.19 bits per heavy atom. The third kappa shape index (κ3) is 3.25. The zero-order valence-electron chi connectivity index (χ0n) is 11.8. The molecule has 0 spiro atoms. The number of hydrogen-bond donors (Lipinski definition) is 1. The highest BCUT2D eigenvalue weighted by Crippen LogP contribution is 2.27. The fourth-order valence-corrected chi connectivity index (χ4v) is 3.58. The van der Waals surface area contributed by atoms with Crippen LogP contribution in [0.25, 0.3) is 0 Å². The van der Waals surface area contributed by atoms with Gasteiger partial charge in [-0.05, 0) is 11.4 Å². The van der Waals surface area contributed by atoms with Crippen LogP contribution in [0.2, 0.25) is 0 Å². The van der Waals surface area contributed by atoms with E-state index in [2.05, 4.69) is 5.32 Å². The van der Waals surface area contributed by atoms with Crippen LogP contribution in [0.1, 0.15) is 10.9 Å². The van der Waals surface area contributed by atoms with E-state index in [0.29, 0.717) is 39.4 Å². The second-order valence-corrected chi connectivity index (χ2v) is 6.15. The Bertz CT molecular complexity index is 500. The van der Waals surface area contributed by atoms with Gasteiger partial charge in [-0.3, -0.25) is 14.5 Å². The maximum atomic E-state index is 12.4. The monoisotopic (exact) mass is 309 g/mol. The van der Waals surface area contributed by atoms with Crippen LogP contribution in [0.5, 0.6) is 0 Å². The summed E-state index contributed by atoms with van der Waals surface area (Å²) in [5.74, 6) is 0.0630. The van der Waals surface area contributed by atoms with Crippen molar-refractivity contribution in [2.24, 2.45) is 0 Å². The van der Waals surface area contributed by atoms with Gasteiger partial charge >= 0.3 is 0 Å². The number of thiophene rings is 1. The van der Waals surface area contributed by atoms with E-state index in [4.69, 9.17) is 4.74 Å². The number of piperazine rings is 1. The normalized spacial score (nSPS) is 23.9. The molecule has 114 valence electrons. The quantitative estimate of drug-likeness (QED) is 0.859. The summed E-state index contributed by atoms with van der Waals surface area (Å²) in [6, 6.07) is 3.54. The van der Waals surface area contributed by atoms with Gasteiger partial charge in [0.05, 0.1) is 19.8 Å². The molecule has 2 aliphatic rings. The van der Waals surface area contributed by atoms with Crippen LogP contribution < -0.4 is 5.32 Å². The van der Waals surface area contributed by atoms with Crippen molar-refractivity contribution in [3.63, 3.8) is 0 Å². The number of rotatable bonds is 3. The minimum Gasteiger partial charge on any atom is -0.378 e. The molecule has 1 atom stereocenters. The summed E-state index contributed by atoms with van der Waals surface area (Å²) in [6.45, 7) is 4.06. The van der Waals surface area contributed by atoms with Gasteiger partial charge in [-0.2, -0.15) is 0 Å². The molecule has 0 aromatic carbocycles. The fourth-order valence-electron chi connectivity index (χ4n) is 2.73. The highest BCUT2D eigenvalue weighted by molar-refractivity contribution is 7.10. The topological polar surface area (TPSA) is 61.9 Å². The molecule has 7 heteroatoms. The summed E-state index contributed by atoms with van der Waals surface area (Å²) in [5.41, 5.74) is 0. The summed E-state index contributed by atoms with van der Waals surface area (Å²) in [4.78, 5) is 29.3. The average molecular weight is 309 g/mol. The molecule has 21 heavy (non-hydrogen) atoms. The highest BCUT2D eigenvalue weighted by Gasteiger charge is 2.33. The average Bonchev–Trinajstić information content (AvgIpc) is 3.02. The molecule has 0 radical (unpaired) electrons. The fraction of sp³-hybridized carbons (Fsp3) is 0.571. The van der Waals surface area contributed by atoms with Crippen LogP contribution in [0.15, 0.2) is 17.5 Å². The van der Waals surface area contributed by atoms with E-state index in [1.807, 2.05) is 27.3 Å². The summed E-state index contributed by atoms with van der Waals surface area (Å²) in [5, 5.41) is 4.84. The first-order valence-electron chi connectivity index (χ1n) is 7.16. The first-order chi connectivity index (χ1) is 10.3. The molecule has 0 saturated carbocycles. The molecule has 0 aliphatic carbocycles. The lowest BCUT2D eigenvalue weighted by molar-refractivity contribution is -0.139. The molecule has 2 saturated heterocycles. The zero-order chi connectivity index (χ0) is 14.7. The van der Waals surface area contributed by atoms with Crippen molar-refractivity contribution in [1.29, 1.82) is 0 Å². The zero-order valence-corrected chi connectivity index (χ0v) is 12.6. The van der Waals surface area contributed by atoms with Crippen molar-refractivity contribution >= 4 is 23.2 Å². The Labute approximate surface area is 127 Å². The van der Waals surface area contributed by atoms with Gasteiger partial charge < -0.3 is 15.0 Å². The predicted octanol–water partition coefficient (Wildman–Crippen LogP) is 0.0798. The van der Waals surface area contributed by atoms with Crippen LogP contribution in [-0.4, -0.2) is 67.6 Å². The molecule has 2 fully saturated rings. The highest BCUT2D eigenvalue weighted by atomic mass is 32.1. The SMILES string of the molecule is O=C1NCCN(CC(=O)N2CCOCC2)C1c1cccs1. The Kier molecular flexibility index (Phi) is 4.52. The lowest BCUT2D eigenvalue weighted by Crippen LogP contribution is -2.53. The minimum atomic E-state index is -0.344. The predicted molar refractivity (Wildman–Crippen MR) is 79.0 cm³/mol. The van der Waals surface area contributed by atoms with E-state index in [-0.39, 0.29) is 24.4 Å². The Hall–Kier alpha value is -1.44. The van der Waals surface area contributed by atoms with Crippen molar-refractivity contribution in [3.05, 3.63) is 22.4 Å². The largest absolute Gasteiger partial charge is 0.378 e. The smallest absolute Gasteiger partial charge is 0.242 e. The van der Waals surface area contributed by atoms with Crippen LogP contribution in [0, 0.1) is 0 Å². The molecule has 2 aliphatic heterocycles. The molecule has 1 N–H and O–H groups in total. The van der Waals surface area contributed by atoms with Crippen molar-refractivity contribution in [2.45, 2.75) is 6.04 Å². The Balaban J connectivity index is 1.69. The van der Waals surface area contributed by atoms with Crippen LogP contribution in [-0.2, 0) is 14.3 Å². The van der Waals surface area contributed by atoms with Crippen molar-refractivity contribution in [1.82, 2.24) is 15.1 Å². The third-order valence-electron chi connectivity index (χ3n) is 3.83. The molecular formula is C14H19N3O3S. The van der Waals surface area contributed by atoms with Gasteiger partial charge in [0, 0.05) is 31.1 Å². The van der Waals surface area contributed by atoms with E-state index in [0.717, 1.165) is 4.88 Å². The molecule has 3 heterocycles. The third-order valence-corrected chi connectivity index (χ3v) is 4.75. The molecule has 1 unspecified atom stereocenters. The molecule has 1 aromatic heterocycles. The number of morpholine rings is 1. The summed E-state index contributed by atoms with van der Waals surface area (Å²) < 4.78 is 5.27. The number of amides is 2. The maximum absolute atomic E-state index is 12.4. The molecule has 1 aromatic rings. The van der Waals surface area contributed by atoms with Gasteiger partial charge in [-0.15, -0.1) is 11.3 Å². The number of carbonyl (C=O) groups excluding carboxylic acids is 2. The van der Waals surface area contributed by atoms with Crippen LogP contribution in [0.3, 0.4) is 0 Å². The van der Waals surface area contributed by atoms with Crippen molar-refractivity contribution in [2.75, 3.05) is 45.9 Å². The molecule has 0 bridgehead atoms. The van der Waals surface area contributed by atoms with E-state index >= 15 is 0 Å². The summed E-state index contributed by atoms with van der Waals surface area (Å²) >= 11 is 1.55. The van der Waals surface area contributed by atoms with Gasteiger partial charge in [-0.25, -0.2) is 0 Å². The Morgan fingerprint density at radius 1 is 1.38 bits per heavy atom. The van der Waals surface area contributed by atoms with E-state index < -0.39 is 0 Å². The summed E-state index contributed by atoms with van der Waals surface area (Å²) in [7, 11) is 0. The minimum absolute atomic E-state index is 0.0153. The number of carbonyl (C=O) groups is 2. The van der Waals surface area contributed by atoms with E-state index in [1.165, 1.54) is 0 Å². The lowest BCUT2D eigenvalue weighted by atomic mass is 10.1. The first-order valence-corrected chi connectivity index (χ1v) is 8.04. The standard InChI is InChI=1S/C14H19N3O3S/c18-12(16-5-7-20-8-6-16)10-17-4-3-15-14(19)13(17)11-2-1-9-21-11/h1-2,9,13H,3-8,10H2,(H,15,19). The number of ether oxygens (including phenoxy) is 1. The van der Waals surface area contributed by atoms with Gasteiger partial charge in [0.15, 0.2) is 0 Å². The molecule has 2 amide bonds. The van der Waals surface area contributed by atoms with Gasteiger partial charge in [0.2, 0.25) is 11.8 Å². The van der Waals surface area contributed by atoms with Crippen LogP contribution in [0.4, 0.5) is 0 Å². The number of nitrogens with zero attached hydrogens (tertiary/aromatic N) is 2. The van der Waals surface area contributed by atoms with Crippen molar-refractivity contribution < 1.29 is 14.3 Å². The lowest BCUT2D eigenvalue weighted by Gasteiger charge is -2.36. The molecule has 6 nitrogen and oxygen atoms in total. The molecule has 3 rings (SSSR count). The van der Waals surface area contributed by atoms with E-state index in [1.54, 1.807) is 11.3 Å². The maximum Gasteiger partial charge on any atom is 0.242 e. The number of nitrogens with one attached hydrogen (secondary N) is 1. The van der Waals surface area contributed by atoms with Crippen molar-refractivity contribution in [3.8, 4) is 0 Å².